The molecule has 3 aromatic rings. The lowest BCUT2D eigenvalue weighted by atomic mass is 9.99. The summed E-state index contributed by atoms with van der Waals surface area (Å²) in [4.78, 5) is 26.5. The molecule has 0 N–H and O–H groups in total. The second-order valence-corrected chi connectivity index (χ2v) is 6.96. The van der Waals surface area contributed by atoms with E-state index in [0.29, 0.717) is 12.5 Å². The Balaban J connectivity index is 1.42. The van der Waals surface area contributed by atoms with E-state index in [-0.39, 0.29) is 34.2 Å². The first-order chi connectivity index (χ1) is 13.1. The number of carbonyl (C=O) groups excluding carboxylic acids is 1. The molecule has 1 aromatic heterocycles. The lowest BCUT2D eigenvalue weighted by molar-refractivity contribution is 0.0964. The molecule has 4 nitrogen and oxygen atoms in total. The van der Waals surface area contributed by atoms with Gasteiger partial charge in [-0.05, 0) is 36.6 Å². The van der Waals surface area contributed by atoms with Gasteiger partial charge in [-0.3, -0.25) is 9.59 Å². The fourth-order valence-electron chi connectivity index (χ4n) is 3.76. The molecule has 1 aliphatic rings. The van der Waals surface area contributed by atoms with Crippen molar-refractivity contribution in [2.45, 2.75) is 18.8 Å². The Bertz CT molecular complexity index is 1030. The molecule has 1 aliphatic heterocycles. The van der Waals surface area contributed by atoms with Crippen molar-refractivity contribution in [2.75, 3.05) is 19.6 Å². The van der Waals surface area contributed by atoms with E-state index >= 15 is 0 Å². The predicted molar refractivity (Wildman–Crippen MR) is 102 cm³/mol. The van der Waals surface area contributed by atoms with Crippen molar-refractivity contribution in [3.63, 3.8) is 0 Å². The van der Waals surface area contributed by atoms with Crippen LogP contribution >= 0.6 is 0 Å². The normalized spacial score (nSPS) is 17.4. The molecule has 1 unspecified atom stereocenters. The molecule has 1 fully saturated rings. The Morgan fingerprint density at radius 1 is 1.15 bits per heavy atom. The van der Waals surface area contributed by atoms with E-state index in [0.717, 1.165) is 25.8 Å². The minimum atomic E-state index is -0.751. The highest BCUT2D eigenvalue weighted by molar-refractivity contribution is 5.99. The maximum atomic E-state index is 14.6. The third kappa shape index (κ3) is 3.55. The summed E-state index contributed by atoms with van der Waals surface area (Å²) in [6.45, 7) is 2.44. The number of rotatable bonds is 5. The molecular formula is C22H20FNO3. The summed E-state index contributed by atoms with van der Waals surface area (Å²) in [6.07, 6.45) is 2.45. The molecule has 2 aromatic carbocycles. The van der Waals surface area contributed by atoms with Gasteiger partial charge in [0.15, 0.2) is 22.6 Å². The molecule has 0 spiro atoms. The molecule has 0 radical (unpaired) electrons. The molecule has 4 rings (SSSR count). The molecule has 0 aliphatic carbocycles. The van der Waals surface area contributed by atoms with Gasteiger partial charge in [0, 0.05) is 25.6 Å². The molecule has 1 atom stereocenters. The molecule has 0 saturated carbocycles. The van der Waals surface area contributed by atoms with Crippen LogP contribution in [0.5, 0.6) is 0 Å². The minimum Gasteiger partial charge on any atom is -0.461 e. The number of Topliss-reactive ketones (excluding diaryl/α,β-unsaturated/α-hetero) is 1. The van der Waals surface area contributed by atoms with E-state index in [2.05, 4.69) is 17.0 Å². The average molecular weight is 365 g/mol. The number of carbonyl (C=O) groups is 1. The Hall–Kier alpha value is -2.79. The highest BCUT2D eigenvalue weighted by atomic mass is 19.1. The zero-order chi connectivity index (χ0) is 18.8. The molecular weight excluding hydrogens is 345 g/mol. The van der Waals surface area contributed by atoms with Gasteiger partial charge in [0.1, 0.15) is 0 Å². The molecule has 5 heteroatoms. The van der Waals surface area contributed by atoms with Crippen LogP contribution in [-0.2, 0) is 0 Å². The summed E-state index contributed by atoms with van der Waals surface area (Å²) < 4.78 is 19.7. The van der Waals surface area contributed by atoms with E-state index < -0.39 is 5.82 Å². The number of hydrogen-bond donors (Lipinski definition) is 0. The van der Waals surface area contributed by atoms with Crippen molar-refractivity contribution in [1.29, 1.82) is 0 Å². The molecule has 27 heavy (non-hydrogen) atoms. The SMILES string of the molecule is O=C(CCN1CCC(c2ccccc2)C1)c1ccc2c(=O)ccoc2c1F. The van der Waals surface area contributed by atoms with E-state index in [1.165, 1.54) is 23.8 Å². The maximum absolute atomic E-state index is 14.6. The largest absolute Gasteiger partial charge is 0.461 e. The van der Waals surface area contributed by atoms with Gasteiger partial charge < -0.3 is 9.32 Å². The molecule has 1 saturated heterocycles. The quantitative estimate of drug-likeness (QED) is 0.642. The predicted octanol–water partition coefficient (Wildman–Crippen LogP) is 3.99. The highest BCUT2D eigenvalue weighted by Crippen LogP contribution is 2.27. The summed E-state index contributed by atoms with van der Waals surface area (Å²) >= 11 is 0. The van der Waals surface area contributed by atoms with Crippen LogP contribution in [0.15, 0.2) is 64.0 Å². The van der Waals surface area contributed by atoms with Gasteiger partial charge in [-0.1, -0.05) is 30.3 Å². The standard InChI is InChI=1S/C22H20FNO3/c23-21-17(6-7-18-20(26)10-13-27-22(18)21)19(25)9-12-24-11-8-16(14-24)15-4-2-1-3-5-15/h1-7,10,13,16H,8-9,11-12,14H2. The highest BCUT2D eigenvalue weighted by Gasteiger charge is 2.25. The Morgan fingerprint density at radius 2 is 1.96 bits per heavy atom. The summed E-state index contributed by atoms with van der Waals surface area (Å²) in [7, 11) is 0. The second kappa shape index (κ2) is 7.45. The van der Waals surface area contributed by atoms with Crippen molar-refractivity contribution in [1.82, 2.24) is 4.90 Å². The van der Waals surface area contributed by atoms with Crippen molar-refractivity contribution >= 4 is 16.8 Å². The van der Waals surface area contributed by atoms with Gasteiger partial charge in [-0.25, -0.2) is 4.39 Å². The zero-order valence-corrected chi connectivity index (χ0v) is 14.9. The Labute approximate surface area is 156 Å². The minimum absolute atomic E-state index is 0.0179. The van der Waals surface area contributed by atoms with E-state index in [4.69, 9.17) is 4.42 Å². The van der Waals surface area contributed by atoms with Gasteiger partial charge in [-0.15, -0.1) is 0 Å². The van der Waals surface area contributed by atoms with Gasteiger partial charge in [0.25, 0.3) is 0 Å². The summed E-state index contributed by atoms with van der Waals surface area (Å²) in [5.74, 6) is -0.546. The first-order valence-electron chi connectivity index (χ1n) is 9.14. The smallest absolute Gasteiger partial charge is 0.192 e. The first-order valence-corrected chi connectivity index (χ1v) is 9.14. The number of likely N-dealkylation sites (tertiary alicyclic amines) is 1. The number of hydrogen-bond acceptors (Lipinski definition) is 4. The van der Waals surface area contributed by atoms with Gasteiger partial charge in [0.2, 0.25) is 0 Å². The van der Waals surface area contributed by atoms with Crippen molar-refractivity contribution in [3.05, 3.63) is 82.0 Å². The summed E-state index contributed by atoms with van der Waals surface area (Å²) in [5, 5.41) is 0.150. The Morgan fingerprint density at radius 3 is 2.78 bits per heavy atom. The fourth-order valence-corrected chi connectivity index (χ4v) is 3.76. The number of ketones is 1. The monoisotopic (exact) mass is 365 g/mol. The van der Waals surface area contributed by atoms with Crippen molar-refractivity contribution in [2.24, 2.45) is 0 Å². The lowest BCUT2D eigenvalue weighted by Gasteiger charge is -2.16. The number of nitrogens with zero attached hydrogens (tertiary/aromatic N) is 1. The third-order valence-corrected chi connectivity index (χ3v) is 5.27. The molecule has 0 bridgehead atoms. The van der Waals surface area contributed by atoms with Crippen LogP contribution in [0.3, 0.4) is 0 Å². The number of fused-ring (bicyclic) bond motifs is 1. The summed E-state index contributed by atoms with van der Waals surface area (Å²) in [5.41, 5.74) is 0.828. The van der Waals surface area contributed by atoms with Crippen LogP contribution in [0, 0.1) is 5.82 Å². The lowest BCUT2D eigenvalue weighted by Crippen LogP contribution is -2.24. The molecule has 0 amide bonds. The van der Waals surface area contributed by atoms with Crippen LogP contribution in [0.4, 0.5) is 4.39 Å². The van der Waals surface area contributed by atoms with E-state index in [1.54, 1.807) is 0 Å². The topological polar surface area (TPSA) is 50.5 Å². The third-order valence-electron chi connectivity index (χ3n) is 5.27. The molecule has 2 heterocycles. The second-order valence-electron chi connectivity index (χ2n) is 6.96. The maximum Gasteiger partial charge on any atom is 0.192 e. The first kappa shape index (κ1) is 17.6. The fraction of sp³-hybridized carbons (Fsp3) is 0.273. The van der Waals surface area contributed by atoms with Crippen molar-refractivity contribution < 1.29 is 13.6 Å². The zero-order valence-electron chi connectivity index (χ0n) is 14.9. The van der Waals surface area contributed by atoms with Crippen LogP contribution in [0.1, 0.15) is 34.7 Å². The van der Waals surface area contributed by atoms with Crippen LogP contribution in [0.25, 0.3) is 11.0 Å². The van der Waals surface area contributed by atoms with E-state index in [1.807, 2.05) is 18.2 Å². The van der Waals surface area contributed by atoms with Crippen LogP contribution in [0.2, 0.25) is 0 Å². The van der Waals surface area contributed by atoms with E-state index in [9.17, 15) is 14.0 Å². The van der Waals surface area contributed by atoms with Gasteiger partial charge in [0.05, 0.1) is 17.2 Å². The number of benzene rings is 2. The average Bonchev–Trinajstić information content (AvgIpc) is 3.17. The molecule has 138 valence electrons. The van der Waals surface area contributed by atoms with Crippen LogP contribution in [-0.4, -0.2) is 30.3 Å². The van der Waals surface area contributed by atoms with Gasteiger partial charge >= 0.3 is 0 Å². The summed E-state index contributed by atoms with van der Waals surface area (Å²) in [6, 6.07) is 14.4. The van der Waals surface area contributed by atoms with Crippen molar-refractivity contribution in [3.8, 4) is 0 Å². The Kier molecular flexibility index (Phi) is 4.86. The number of halogens is 1. The van der Waals surface area contributed by atoms with Gasteiger partial charge in [-0.2, -0.15) is 0 Å². The van der Waals surface area contributed by atoms with Crippen LogP contribution < -0.4 is 5.43 Å².